The van der Waals surface area contributed by atoms with Crippen LogP contribution in [0.2, 0.25) is 0 Å². The molecule has 1 atom stereocenters. The van der Waals surface area contributed by atoms with E-state index in [2.05, 4.69) is 14.7 Å². The molecule has 0 bridgehead atoms. The first-order valence-electron chi connectivity index (χ1n) is 5.97. The van der Waals surface area contributed by atoms with E-state index in [0.29, 0.717) is 0 Å². The van der Waals surface area contributed by atoms with Gasteiger partial charge in [0.15, 0.2) is 0 Å². The largest absolute Gasteiger partial charge is 0.466 e. The minimum atomic E-state index is -5.13. The molecule has 0 fully saturated rings. The summed E-state index contributed by atoms with van der Waals surface area (Å²) in [6.07, 6.45) is -2.74. The van der Waals surface area contributed by atoms with Crippen molar-refractivity contribution in [3.63, 3.8) is 0 Å². The molecule has 1 aromatic rings. The van der Waals surface area contributed by atoms with Crippen LogP contribution in [0, 0.1) is 0 Å². The maximum absolute atomic E-state index is 13.7. The Labute approximate surface area is 122 Å². The molecule has 7 nitrogen and oxygen atoms in total. The van der Waals surface area contributed by atoms with Crippen LogP contribution in [-0.2, 0) is 14.3 Å². The Bertz CT molecular complexity index is 645. The normalized spacial score (nSPS) is 21.6. The van der Waals surface area contributed by atoms with Gasteiger partial charge in [-0.1, -0.05) is 0 Å². The molecule has 0 spiro atoms. The lowest BCUT2D eigenvalue weighted by atomic mass is 9.89. The van der Waals surface area contributed by atoms with Crippen LogP contribution in [0.1, 0.15) is 6.92 Å². The van der Waals surface area contributed by atoms with Crippen molar-refractivity contribution in [1.82, 2.24) is 15.3 Å². The van der Waals surface area contributed by atoms with Gasteiger partial charge in [0.25, 0.3) is 5.91 Å². The summed E-state index contributed by atoms with van der Waals surface area (Å²) < 4.78 is 45.3. The molecular weight excluding hydrogens is 305 g/mol. The van der Waals surface area contributed by atoms with Gasteiger partial charge in [-0.25, -0.2) is 14.8 Å². The molecule has 10 heteroatoms. The van der Waals surface area contributed by atoms with Crippen LogP contribution in [0.3, 0.4) is 0 Å². The van der Waals surface area contributed by atoms with Gasteiger partial charge in [-0.05, 0) is 13.0 Å². The lowest BCUT2D eigenvalue weighted by Crippen LogP contribution is -2.60. The van der Waals surface area contributed by atoms with Crippen molar-refractivity contribution in [3.8, 4) is 0 Å². The van der Waals surface area contributed by atoms with E-state index in [-0.39, 0.29) is 5.70 Å². The number of carbonyl (C=O) groups is 2. The fourth-order valence-corrected chi connectivity index (χ4v) is 2.12. The molecule has 0 saturated carbocycles. The van der Waals surface area contributed by atoms with Gasteiger partial charge in [-0.15, -0.1) is 0 Å². The van der Waals surface area contributed by atoms with Gasteiger partial charge in [-0.2, -0.15) is 13.2 Å². The van der Waals surface area contributed by atoms with Crippen molar-refractivity contribution in [1.29, 1.82) is 0 Å². The topological polar surface area (TPSA) is 93.2 Å². The smallest absolute Gasteiger partial charge is 0.425 e. The zero-order valence-electron chi connectivity index (χ0n) is 11.5. The Balaban J connectivity index is 2.63. The molecule has 2 heterocycles. The summed E-state index contributed by atoms with van der Waals surface area (Å²) in [6.45, 7) is 1.17. The van der Waals surface area contributed by atoms with Crippen molar-refractivity contribution < 1.29 is 27.5 Å². The van der Waals surface area contributed by atoms with Gasteiger partial charge in [0.2, 0.25) is 11.5 Å². The van der Waals surface area contributed by atoms with Crippen LogP contribution in [-0.4, -0.2) is 40.7 Å². The monoisotopic (exact) mass is 316 g/mol. The number of allylic oxidation sites excluding steroid dienone is 1. The molecule has 0 aromatic carbocycles. The number of esters is 1. The molecule has 0 unspecified atom stereocenters. The first-order valence-corrected chi connectivity index (χ1v) is 5.97. The summed E-state index contributed by atoms with van der Waals surface area (Å²) in [5.41, 5.74) is -4.44. The quantitative estimate of drug-likeness (QED) is 0.800. The van der Waals surface area contributed by atoms with Crippen LogP contribution in [0.25, 0.3) is 0 Å². The number of hydrogen-bond acceptors (Lipinski definition) is 6. The number of methoxy groups -OCH3 is 1. The fourth-order valence-electron chi connectivity index (χ4n) is 2.12. The van der Waals surface area contributed by atoms with Crippen LogP contribution >= 0.6 is 0 Å². The molecule has 2 rings (SSSR count). The highest BCUT2D eigenvalue weighted by Crippen LogP contribution is 2.43. The molecule has 0 saturated heterocycles. The summed E-state index contributed by atoms with van der Waals surface area (Å²) in [5.74, 6) is -3.19. The average molecular weight is 316 g/mol. The highest BCUT2D eigenvalue weighted by Gasteiger charge is 2.68. The van der Waals surface area contributed by atoms with Gasteiger partial charge in [0.1, 0.15) is 5.57 Å². The van der Waals surface area contributed by atoms with E-state index in [1.54, 1.807) is 0 Å². The maximum Gasteiger partial charge on any atom is 0.425 e. The predicted octanol–water partition coefficient (Wildman–Crippen LogP) is 0.766. The zero-order valence-corrected chi connectivity index (χ0v) is 11.5. The van der Waals surface area contributed by atoms with Crippen molar-refractivity contribution >= 4 is 17.8 Å². The van der Waals surface area contributed by atoms with E-state index in [1.165, 1.54) is 25.4 Å². The number of aromatic nitrogens is 2. The van der Waals surface area contributed by atoms with Crippen LogP contribution in [0.15, 0.2) is 29.7 Å². The first kappa shape index (κ1) is 15.7. The second kappa shape index (κ2) is 5.28. The Morgan fingerprint density at radius 2 is 1.95 bits per heavy atom. The summed E-state index contributed by atoms with van der Waals surface area (Å²) in [7, 11) is 0.922. The highest BCUT2D eigenvalue weighted by atomic mass is 19.4. The Hall–Kier alpha value is -2.65. The van der Waals surface area contributed by atoms with E-state index < -0.39 is 35.1 Å². The maximum atomic E-state index is 13.7. The Kier molecular flexibility index (Phi) is 3.77. The van der Waals surface area contributed by atoms with Crippen molar-refractivity contribution in [2.24, 2.45) is 0 Å². The second-order valence-electron chi connectivity index (χ2n) is 4.39. The Morgan fingerprint density at radius 3 is 2.45 bits per heavy atom. The van der Waals surface area contributed by atoms with Crippen LogP contribution in [0.5, 0.6) is 0 Å². The molecule has 1 amide bonds. The summed E-state index contributed by atoms with van der Waals surface area (Å²) >= 11 is 0. The number of carbonyl (C=O) groups excluding carboxylic acids is 2. The van der Waals surface area contributed by atoms with Gasteiger partial charge in [-0.3, -0.25) is 4.79 Å². The minimum Gasteiger partial charge on any atom is -0.466 e. The van der Waals surface area contributed by atoms with Crippen LogP contribution in [0.4, 0.5) is 19.1 Å². The number of alkyl halides is 3. The molecule has 1 aromatic heterocycles. The summed E-state index contributed by atoms with van der Waals surface area (Å²) in [4.78, 5) is 31.0. The SMILES string of the molecule is COC(=O)C1=C(C)NC(=O)[C@@]1(Nc1ncccn1)C(F)(F)F. The molecule has 22 heavy (non-hydrogen) atoms. The molecule has 118 valence electrons. The third-order valence-corrected chi connectivity index (χ3v) is 3.07. The van der Waals surface area contributed by atoms with E-state index >= 15 is 0 Å². The molecule has 2 N–H and O–H groups in total. The molecule has 1 aliphatic heterocycles. The number of nitrogens with one attached hydrogen (secondary N) is 2. The highest BCUT2D eigenvalue weighted by molar-refractivity contribution is 6.10. The lowest BCUT2D eigenvalue weighted by molar-refractivity contribution is -0.179. The number of rotatable bonds is 3. The zero-order chi connectivity index (χ0) is 16.5. The fraction of sp³-hybridized carbons (Fsp3) is 0.333. The number of amides is 1. The summed E-state index contributed by atoms with van der Waals surface area (Å²) in [5, 5.41) is 3.92. The summed E-state index contributed by atoms with van der Waals surface area (Å²) in [6, 6.07) is 1.39. The number of halogens is 3. The number of nitrogens with zero attached hydrogens (tertiary/aromatic N) is 2. The third kappa shape index (κ3) is 2.26. The van der Waals surface area contributed by atoms with Gasteiger partial charge in [0.05, 0.1) is 7.11 Å². The lowest BCUT2D eigenvalue weighted by Gasteiger charge is -2.31. The van der Waals surface area contributed by atoms with Gasteiger partial charge >= 0.3 is 12.1 Å². The first-order chi connectivity index (χ1) is 10.2. The van der Waals surface area contributed by atoms with E-state index in [4.69, 9.17) is 0 Å². The number of anilines is 1. The molecule has 0 aliphatic carbocycles. The number of ether oxygens (including phenoxy) is 1. The second-order valence-corrected chi connectivity index (χ2v) is 4.39. The number of hydrogen-bond donors (Lipinski definition) is 2. The standard InChI is InChI=1S/C12H11F3N4O3/c1-6-7(8(20)22-2)11(9(21)18-6,12(13,14)15)19-10-16-4-3-5-17-10/h3-5H,1-2H3,(H,18,21)(H,16,17,19)/t11-/m1/s1. The average Bonchev–Trinajstić information content (AvgIpc) is 2.70. The molecule has 1 aliphatic rings. The molecule has 0 radical (unpaired) electrons. The van der Waals surface area contributed by atoms with Gasteiger partial charge in [0, 0.05) is 18.1 Å². The van der Waals surface area contributed by atoms with E-state index in [0.717, 1.165) is 7.11 Å². The third-order valence-electron chi connectivity index (χ3n) is 3.07. The van der Waals surface area contributed by atoms with Gasteiger partial charge < -0.3 is 15.4 Å². The van der Waals surface area contributed by atoms with E-state index in [1.807, 2.05) is 10.6 Å². The van der Waals surface area contributed by atoms with E-state index in [9.17, 15) is 22.8 Å². The van der Waals surface area contributed by atoms with Crippen LogP contribution < -0.4 is 10.6 Å². The Morgan fingerprint density at radius 1 is 1.36 bits per heavy atom. The van der Waals surface area contributed by atoms with Crippen molar-refractivity contribution in [3.05, 3.63) is 29.7 Å². The van der Waals surface area contributed by atoms with Crippen molar-refractivity contribution in [2.45, 2.75) is 18.6 Å². The minimum absolute atomic E-state index is 0.252. The molecular formula is C12H11F3N4O3. The predicted molar refractivity (Wildman–Crippen MR) is 67.3 cm³/mol. The van der Waals surface area contributed by atoms with Crippen molar-refractivity contribution in [2.75, 3.05) is 12.4 Å².